The first-order chi connectivity index (χ1) is 14.6. The van der Waals surface area contributed by atoms with E-state index < -0.39 is 0 Å². The molecule has 2 aromatic heterocycles. The molecule has 8 nitrogen and oxygen atoms in total. The van der Waals surface area contributed by atoms with Crippen LogP contribution in [0.4, 0.5) is 17.5 Å². The number of nitrogens with one attached hydrogen (secondary N) is 2. The monoisotopic (exact) mass is 405 g/mol. The van der Waals surface area contributed by atoms with Crippen LogP contribution in [0.3, 0.4) is 0 Å². The zero-order valence-corrected chi connectivity index (χ0v) is 17.6. The molecular formula is C22H27N7O. The van der Waals surface area contributed by atoms with Gasteiger partial charge < -0.3 is 19.9 Å². The smallest absolute Gasteiger partial charge is 0.156 e. The van der Waals surface area contributed by atoms with Gasteiger partial charge in [0.25, 0.3) is 0 Å². The summed E-state index contributed by atoms with van der Waals surface area (Å²) in [6.07, 6.45) is 3.94. The van der Waals surface area contributed by atoms with Crippen molar-refractivity contribution in [3.63, 3.8) is 0 Å². The molecular weight excluding hydrogens is 378 g/mol. The van der Waals surface area contributed by atoms with Gasteiger partial charge in [0.1, 0.15) is 17.4 Å². The average Bonchev–Trinajstić information content (AvgIpc) is 3.17. The molecule has 1 saturated heterocycles. The van der Waals surface area contributed by atoms with Crippen molar-refractivity contribution < 1.29 is 4.74 Å². The first-order valence-corrected chi connectivity index (χ1v) is 10.0. The van der Waals surface area contributed by atoms with Gasteiger partial charge in [0, 0.05) is 44.0 Å². The molecule has 0 unspecified atom stereocenters. The van der Waals surface area contributed by atoms with Crippen molar-refractivity contribution in [2.24, 2.45) is 0 Å². The summed E-state index contributed by atoms with van der Waals surface area (Å²) < 4.78 is 5.22. The molecule has 30 heavy (non-hydrogen) atoms. The minimum atomic E-state index is 0.650. The molecule has 0 atom stereocenters. The number of piperazine rings is 1. The van der Waals surface area contributed by atoms with E-state index in [1.165, 1.54) is 0 Å². The third kappa shape index (κ3) is 4.96. The number of hydrogen-bond donors (Lipinski definition) is 2. The molecule has 1 fully saturated rings. The van der Waals surface area contributed by atoms with Crippen molar-refractivity contribution >= 4 is 29.6 Å². The first-order valence-electron chi connectivity index (χ1n) is 10.0. The molecule has 0 radical (unpaired) electrons. The van der Waals surface area contributed by atoms with Crippen LogP contribution in [0.2, 0.25) is 0 Å². The minimum absolute atomic E-state index is 0.650. The molecule has 8 heteroatoms. The molecule has 0 aliphatic carbocycles. The number of aryl methyl sites for hydroxylation is 1. The van der Waals surface area contributed by atoms with E-state index in [1.54, 1.807) is 7.11 Å². The fourth-order valence-electron chi connectivity index (χ4n) is 3.29. The number of nitrogens with zero attached hydrogens (tertiary/aromatic N) is 5. The molecule has 3 aromatic rings. The van der Waals surface area contributed by atoms with Crippen molar-refractivity contribution in [2.75, 3.05) is 50.6 Å². The number of aromatic amines is 1. The quantitative estimate of drug-likeness (QED) is 0.652. The van der Waals surface area contributed by atoms with E-state index in [0.717, 1.165) is 60.6 Å². The van der Waals surface area contributed by atoms with Crippen molar-refractivity contribution in [3.8, 4) is 5.75 Å². The Morgan fingerprint density at radius 1 is 1.00 bits per heavy atom. The second kappa shape index (κ2) is 8.96. The molecule has 1 aromatic carbocycles. The SMILES string of the molecule is COc1ccc(C=Cc2nc(Nc3cc(C)[nH]n3)cc(N3CCN(C)CC3)n2)cc1. The van der Waals surface area contributed by atoms with E-state index in [1.807, 2.05) is 55.5 Å². The fraction of sp³-hybridized carbons (Fsp3) is 0.318. The number of rotatable bonds is 6. The van der Waals surface area contributed by atoms with Crippen molar-refractivity contribution in [1.82, 2.24) is 25.1 Å². The van der Waals surface area contributed by atoms with E-state index in [0.29, 0.717) is 5.82 Å². The van der Waals surface area contributed by atoms with Crippen LogP contribution in [-0.2, 0) is 0 Å². The lowest BCUT2D eigenvalue weighted by molar-refractivity contribution is 0.312. The molecule has 3 heterocycles. The van der Waals surface area contributed by atoms with Gasteiger partial charge in [-0.2, -0.15) is 5.10 Å². The van der Waals surface area contributed by atoms with Crippen LogP contribution in [0, 0.1) is 6.92 Å². The summed E-state index contributed by atoms with van der Waals surface area (Å²) in [7, 11) is 3.81. The molecule has 2 N–H and O–H groups in total. The maximum Gasteiger partial charge on any atom is 0.156 e. The number of methoxy groups -OCH3 is 1. The zero-order chi connectivity index (χ0) is 20.9. The summed E-state index contributed by atoms with van der Waals surface area (Å²) in [5.74, 6) is 3.86. The number of benzene rings is 1. The third-order valence-electron chi connectivity index (χ3n) is 5.06. The van der Waals surface area contributed by atoms with Gasteiger partial charge in [-0.25, -0.2) is 9.97 Å². The highest BCUT2D eigenvalue weighted by atomic mass is 16.5. The second-order valence-corrected chi connectivity index (χ2v) is 7.43. The van der Waals surface area contributed by atoms with E-state index >= 15 is 0 Å². The molecule has 156 valence electrons. The van der Waals surface area contributed by atoms with Gasteiger partial charge in [-0.1, -0.05) is 18.2 Å². The Bertz CT molecular complexity index is 1000. The van der Waals surface area contributed by atoms with Gasteiger partial charge in [-0.05, 0) is 37.7 Å². The summed E-state index contributed by atoms with van der Waals surface area (Å²) in [5.41, 5.74) is 2.05. The van der Waals surface area contributed by atoms with E-state index in [4.69, 9.17) is 9.72 Å². The van der Waals surface area contributed by atoms with Crippen molar-refractivity contribution in [1.29, 1.82) is 0 Å². The lowest BCUT2D eigenvalue weighted by Gasteiger charge is -2.33. The van der Waals surface area contributed by atoms with Crippen molar-refractivity contribution in [3.05, 3.63) is 53.5 Å². The Balaban J connectivity index is 1.60. The lowest BCUT2D eigenvalue weighted by Crippen LogP contribution is -2.44. The van der Waals surface area contributed by atoms with E-state index in [-0.39, 0.29) is 0 Å². The molecule has 0 amide bonds. The number of H-pyrrole nitrogens is 1. The molecule has 1 aliphatic rings. The first kappa shape index (κ1) is 19.9. The topological polar surface area (TPSA) is 82.2 Å². The zero-order valence-electron chi connectivity index (χ0n) is 17.6. The van der Waals surface area contributed by atoms with Gasteiger partial charge in [0.15, 0.2) is 11.6 Å². The largest absolute Gasteiger partial charge is 0.497 e. The highest BCUT2D eigenvalue weighted by Crippen LogP contribution is 2.21. The summed E-state index contributed by atoms with van der Waals surface area (Å²) in [4.78, 5) is 14.1. The second-order valence-electron chi connectivity index (χ2n) is 7.43. The average molecular weight is 406 g/mol. The Morgan fingerprint density at radius 3 is 2.43 bits per heavy atom. The molecule has 1 aliphatic heterocycles. The standard InChI is InChI=1S/C22H27N7O/c1-16-14-21(27-26-16)24-20-15-22(29-12-10-28(2)11-13-29)25-19(23-20)9-6-17-4-7-18(30-3)8-5-17/h4-9,14-15H,10-13H2,1-3H3,(H2,23,24,25,26,27). The molecule has 0 bridgehead atoms. The summed E-state index contributed by atoms with van der Waals surface area (Å²) in [6.45, 7) is 5.88. The number of likely N-dealkylation sites (N-methyl/N-ethyl adjacent to an activating group) is 1. The highest BCUT2D eigenvalue weighted by Gasteiger charge is 2.17. The van der Waals surface area contributed by atoms with Gasteiger partial charge in [-0.3, -0.25) is 5.10 Å². The predicted octanol–water partition coefficient (Wildman–Crippen LogP) is 3.18. The molecule has 0 saturated carbocycles. The van der Waals surface area contributed by atoms with Gasteiger partial charge in [0.2, 0.25) is 0 Å². The predicted molar refractivity (Wildman–Crippen MR) is 120 cm³/mol. The highest BCUT2D eigenvalue weighted by molar-refractivity contribution is 5.69. The summed E-state index contributed by atoms with van der Waals surface area (Å²) in [6, 6.07) is 11.8. The number of anilines is 3. The van der Waals surface area contributed by atoms with Crippen LogP contribution in [-0.4, -0.2) is 65.4 Å². The van der Waals surface area contributed by atoms with Crippen LogP contribution in [0.5, 0.6) is 5.75 Å². The Labute approximate surface area is 176 Å². The Morgan fingerprint density at radius 2 is 1.77 bits per heavy atom. The Kier molecular flexibility index (Phi) is 5.94. The molecule has 4 rings (SSSR count). The minimum Gasteiger partial charge on any atom is -0.497 e. The van der Waals surface area contributed by atoms with Crippen LogP contribution in [0.1, 0.15) is 17.1 Å². The van der Waals surface area contributed by atoms with Crippen LogP contribution >= 0.6 is 0 Å². The van der Waals surface area contributed by atoms with Crippen LogP contribution < -0.4 is 15.0 Å². The number of hydrogen-bond acceptors (Lipinski definition) is 7. The van der Waals surface area contributed by atoms with Crippen LogP contribution in [0.25, 0.3) is 12.2 Å². The maximum absolute atomic E-state index is 5.22. The fourth-order valence-corrected chi connectivity index (χ4v) is 3.29. The number of ether oxygens (including phenoxy) is 1. The Hall–Kier alpha value is -3.39. The van der Waals surface area contributed by atoms with Crippen molar-refractivity contribution in [2.45, 2.75) is 6.92 Å². The third-order valence-corrected chi connectivity index (χ3v) is 5.06. The van der Waals surface area contributed by atoms with Gasteiger partial charge in [-0.15, -0.1) is 0 Å². The molecule has 0 spiro atoms. The summed E-state index contributed by atoms with van der Waals surface area (Å²) >= 11 is 0. The number of aromatic nitrogens is 4. The lowest BCUT2D eigenvalue weighted by atomic mass is 10.2. The summed E-state index contributed by atoms with van der Waals surface area (Å²) in [5, 5.41) is 10.5. The van der Waals surface area contributed by atoms with Gasteiger partial charge >= 0.3 is 0 Å². The van der Waals surface area contributed by atoms with Crippen LogP contribution in [0.15, 0.2) is 36.4 Å². The van der Waals surface area contributed by atoms with E-state index in [2.05, 4.69) is 37.3 Å². The van der Waals surface area contributed by atoms with Gasteiger partial charge in [0.05, 0.1) is 7.11 Å². The van der Waals surface area contributed by atoms with E-state index in [9.17, 15) is 0 Å². The maximum atomic E-state index is 5.22. The normalized spacial score (nSPS) is 15.0.